The van der Waals surface area contributed by atoms with Crippen molar-refractivity contribution in [2.45, 2.75) is 70.9 Å². The van der Waals surface area contributed by atoms with Crippen molar-refractivity contribution in [2.75, 3.05) is 26.7 Å². The van der Waals surface area contributed by atoms with E-state index in [0.29, 0.717) is 25.8 Å². The van der Waals surface area contributed by atoms with Crippen LogP contribution in [0.15, 0.2) is 18.6 Å². The minimum Gasteiger partial charge on any atom is -0.361 e. The van der Waals surface area contributed by atoms with E-state index in [-0.39, 0.29) is 6.10 Å². The molecule has 1 atom stereocenters. The maximum Gasteiger partial charge on any atom is 0.333 e. The van der Waals surface area contributed by atoms with Gasteiger partial charge in [0.05, 0.1) is 19.0 Å². The van der Waals surface area contributed by atoms with Gasteiger partial charge in [-0.25, -0.2) is 4.68 Å². The first-order chi connectivity index (χ1) is 13.9. The molecule has 30 heavy (non-hydrogen) atoms. The molecule has 2 heterocycles. The molecule has 0 spiro atoms. The normalized spacial score (nSPS) is 16.2. The van der Waals surface area contributed by atoms with Gasteiger partial charge in [-0.05, 0) is 19.0 Å². The van der Waals surface area contributed by atoms with Crippen molar-refractivity contribution in [3.63, 3.8) is 0 Å². The quantitative estimate of drug-likeness (QED) is 0.313. The fraction of sp³-hybridized carbons (Fsp3) is 0.750. The van der Waals surface area contributed by atoms with Gasteiger partial charge in [0.25, 0.3) is 0 Å². The Balaban J connectivity index is 1.88. The maximum absolute atomic E-state index is 13.1. The van der Waals surface area contributed by atoms with Crippen LogP contribution in [0.4, 0.5) is 8.78 Å². The van der Waals surface area contributed by atoms with Gasteiger partial charge in [-0.2, -0.15) is 13.9 Å². The number of halogens is 2. The van der Waals surface area contributed by atoms with Gasteiger partial charge in [-0.15, -0.1) is 0 Å². The summed E-state index contributed by atoms with van der Waals surface area (Å²) in [7, 11) is -2.56. The summed E-state index contributed by atoms with van der Waals surface area (Å²) in [5.74, 6) is 0. The largest absolute Gasteiger partial charge is 0.361 e. The zero-order valence-electron chi connectivity index (χ0n) is 19.5. The maximum atomic E-state index is 13.1. The summed E-state index contributed by atoms with van der Waals surface area (Å²) in [6.45, 7) is 15.3. The zero-order valence-corrected chi connectivity index (χ0v) is 21.5. The summed E-state index contributed by atoms with van der Waals surface area (Å²) in [4.78, 5) is 4.16. The van der Waals surface area contributed by atoms with E-state index in [1.165, 1.54) is 6.20 Å². The van der Waals surface area contributed by atoms with Crippen LogP contribution in [0.25, 0.3) is 0 Å². The van der Waals surface area contributed by atoms with Gasteiger partial charge in [-0.1, -0.05) is 39.3 Å². The van der Waals surface area contributed by atoms with Crippen molar-refractivity contribution in [1.82, 2.24) is 19.6 Å². The predicted octanol–water partition coefficient (Wildman–Crippen LogP) is 5.30. The van der Waals surface area contributed by atoms with Gasteiger partial charge >= 0.3 is 6.55 Å². The van der Waals surface area contributed by atoms with E-state index in [9.17, 15) is 8.78 Å². The van der Waals surface area contributed by atoms with Crippen molar-refractivity contribution in [3.8, 4) is 0 Å². The monoisotopic (exact) mass is 460 g/mol. The number of hydrogen-bond donors (Lipinski definition) is 0. The first-order valence-corrected chi connectivity index (χ1v) is 17.9. The Morgan fingerprint density at radius 3 is 2.20 bits per heavy atom. The van der Waals surface area contributed by atoms with E-state index < -0.39 is 22.7 Å². The molecule has 10 heteroatoms. The summed E-state index contributed by atoms with van der Waals surface area (Å²) in [6, 6.07) is 2.01. The molecule has 1 aromatic heterocycles. The Hall–Kier alpha value is -1.24. The smallest absolute Gasteiger partial charge is 0.333 e. The number of ether oxygens (including phenoxy) is 2. The van der Waals surface area contributed by atoms with Crippen LogP contribution in [0, 0.1) is 6.92 Å². The van der Waals surface area contributed by atoms with Gasteiger partial charge in [0, 0.05) is 46.4 Å². The highest BCUT2D eigenvalue weighted by Gasteiger charge is 2.27. The molecular formula is C20H38F2N4O2Si2. The third kappa shape index (κ3) is 8.12. The first-order valence-electron chi connectivity index (χ1n) is 10.5. The molecule has 0 radical (unpaired) electrons. The molecule has 1 aliphatic rings. The second-order valence-corrected chi connectivity index (χ2v) is 21.6. The molecule has 0 N–H and O–H groups in total. The van der Waals surface area contributed by atoms with Crippen LogP contribution in [-0.2, 0) is 9.47 Å². The SMILES string of the molecule is Cc1c(C(C[Si](C)(C)C)OCN2C=CN(COCC[Si](C)(C)C)C2)cnn1C(F)F. The molecule has 0 bridgehead atoms. The molecule has 6 nitrogen and oxygen atoms in total. The summed E-state index contributed by atoms with van der Waals surface area (Å²) in [6.07, 6.45) is 5.29. The lowest BCUT2D eigenvalue weighted by atomic mass is 10.1. The van der Waals surface area contributed by atoms with E-state index >= 15 is 0 Å². The molecule has 0 saturated heterocycles. The fourth-order valence-electron chi connectivity index (χ4n) is 3.19. The van der Waals surface area contributed by atoms with Crippen LogP contribution in [0.3, 0.4) is 0 Å². The number of hydrogen-bond acceptors (Lipinski definition) is 5. The highest BCUT2D eigenvalue weighted by atomic mass is 28.3. The third-order valence-corrected chi connectivity index (χ3v) is 8.26. The van der Waals surface area contributed by atoms with E-state index in [1.807, 2.05) is 12.4 Å². The lowest BCUT2D eigenvalue weighted by molar-refractivity contribution is -0.0164. The molecule has 1 aromatic rings. The van der Waals surface area contributed by atoms with Crippen LogP contribution in [0.2, 0.25) is 51.4 Å². The van der Waals surface area contributed by atoms with Crippen LogP contribution in [0.5, 0.6) is 0 Å². The fourth-order valence-corrected chi connectivity index (χ4v) is 5.40. The Morgan fingerprint density at radius 2 is 1.67 bits per heavy atom. The number of rotatable bonds is 12. The minimum absolute atomic E-state index is 0.236. The average Bonchev–Trinajstić information content (AvgIpc) is 3.20. The van der Waals surface area contributed by atoms with E-state index in [0.717, 1.165) is 28.9 Å². The average molecular weight is 461 g/mol. The number of nitrogens with zero attached hydrogens (tertiary/aromatic N) is 4. The molecular weight excluding hydrogens is 422 g/mol. The van der Waals surface area contributed by atoms with Crippen LogP contribution >= 0.6 is 0 Å². The molecule has 172 valence electrons. The summed E-state index contributed by atoms with van der Waals surface area (Å²) >= 11 is 0. The summed E-state index contributed by atoms with van der Waals surface area (Å²) < 4.78 is 39.1. The third-order valence-electron chi connectivity index (χ3n) is 4.96. The molecule has 0 saturated carbocycles. The Bertz CT molecular complexity index is 702. The second-order valence-electron chi connectivity index (χ2n) is 10.4. The Kier molecular flexibility index (Phi) is 8.66. The highest BCUT2D eigenvalue weighted by molar-refractivity contribution is 6.76. The van der Waals surface area contributed by atoms with Gasteiger partial charge in [0.2, 0.25) is 0 Å². The topological polar surface area (TPSA) is 42.8 Å². The minimum atomic E-state index is -2.64. The van der Waals surface area contributed by atoms with Crippen molar-refractivity contribution in [3.05, 3.63) is 29.9 Å². The van der Waals surface area contributed by atoms with Crippen LogP contribution in [-0.4, -0.2) is 62.5 Å². The first kappa shape index (κ1) is 25.0. The summed E-state index contributed by atoms with van der Waals surface area (Å²) in [5, 5.41) is 3.87. The van der Waals surface area contributed by atoms with Gasteiger partial charge in [-0.3, -0.25) is 0 Å². The summed E-state index contributed by atoms with van der Waals surface area (Å²) in [5.41, 5.74) is 1.23. The van der Waals surface area contributed by atoms with E-state index in [2.05, 4.69) is 54.2 Å². The molecule has 0 amide bonds. The van der Waals surface area contributed by atoms with Crippen molar-refractivity contribution in [1.29, 1.82) is 0 Å². The second kappa shape index (κ2) is 10.4. The van der Waals surface area contributed by atoms with Crippen LogP contribution in [0.1, 0.15) is 23.9 Å². The number of alkyl halides is 2. The highest BCUT2D eigenvalue weighted by Crippen LogP contribution is 2.31. The van der Waals surface area contributed by atoms with Gasteiger partial charge < -0.3 is 19.3 Å². The van der Waals surface area contributed by atoms with Crippen LogP contribution < -0.4 is 0 Å². The van der Waals surface area contributed by atoms with Crippen molar-refractivity contribution >= 4 is 16.1 Å². The molecule has 2 rings (SSSR count). The zero-order chi connectivity index (χ0) is 22.5. The molecule has 1 unspecified atom stereocenters. The molecule has 0 aliphatic carbocycles. The van der Waals surface area contributed by atoms with Crippen molar-refractivity contribution < 1.29 is 18.3 Å². The van der Waals surface area contributed by atoms with E-state index in [1.54, 1.807) is 6.92 Å². The standard InChI is InChI=1S/C20H38F2N4O2Si2/c1-17-18(12-23-26(17)20(21)22)19(13-30(5,6)7)28-16-25-9-8-24(14-25)15-27-10-11-29(2,3)4/h8-9,12,19-20H,10-11,13-16H2,1-7H3. The van der Waals surface area contributed by atoms with E-state index in [4.69, 9.17) is 9.47 Å². The predicted molar refractivity (Wildman–Crippen MR) is 122 cm³/mol. The van der Waals surface area contributed by atoms with Gasteiger partial charge in [0.15, 0.2) is 0 Å². The lowest BCUT2D eigenvalue weighted by Gasteiger charge is -2.28. The molecule has 0 fully saturated rings. The van der Waals surface area contributed by atoms with Crippen molar-refractivity contribution in [2.24, 2.45) is 0 Å². The number of aromatic nitrogens is 2. The molecule has 0 aromatic carbocycles. The lowest BCUT2D eigenvalue weighted by Crippen LogP contribution is -2.31. The Labute approximate surface area is 181 Å². The molecule has 1 aliphatic heterocycles. The van der Waals surface area contributed by atoms with Gasteiger partial charge in [0.1, 0.15) is 13.5 Å². The Morgan fingerprint density at radius 1 is 1.03 bits per heavy atom.